The molecule has 9 heteroatoms. The molecular formula is C13H23N3O5S. The maximum absolute atomic E-state index is 10.3. The molecule has 3 unspecified atom stereocenters. The van der Waals surface area contributed by atoms with Gasteiger partial charge in [0.15, 0.2) is 5.17 Å². The number of aliphatic hydroxyl groups is 3. The number of hydrogen-bond donors (Lipinski definition) is 4. The summed E-state index contributed by atoms with van der Waals surface area (Å²) in [5.74, 6) is 0. The Morgan fingerprint density at radius 3 is 2.86 bits per heavy atom. The van der Waals surface area contributed by atoms with Crippen LogP contribution in [0.5, 0.6) is 0 Å². The molecule has 126 valence electrons. The van der Waals surface area contributed by atoms with Crippen LogP contribution in [0, 0.1) is 0 Å². The Bertz CT molecular complexity index is 422. The zero-order valence-corrected chi connectivity index (χ0v) is 13.3. The number of aliphatic imine (C=N–C) groups is 1. The predicted molar refractivity (Wildman–Crippen MR) is 81.3 cm³/mol. The van der Waals surface area contributed by atoms with E-state index in [1.54, 1.807) is 0 Å². The highest BCUT2D eigenvalue weighted by atomic mass is 32.2. The molecule has 0 aromatic carbocycles. The lowest BCUT2D eigenvalue weighted by atomic mass is 9.99. The molecule has 0 amide bonds. The molecule has 0 spiro atoms. The molecule has 22 heavy (non-hydrogen) atoms. The molecule has 2 fully saturated rings. The summed E-state index contributed by atoms with van der Waals surface area (Å²) in [6.45, 7) is 4.36. The van der Waals surface area contributed by atoms with E-state index in [-0.39, 0.29) is 12.0 Å². The first-order chi connectivity index (χ1) is 10.6. The Hall–Kier alpha value is -0.420. The van der Waals surface area contributed by atoms with Gasteiger partial charge in [-0.1, -0.05) is 18.7 Å². The number of nitrogens with zero attached hydrogens (tertiary/aromatic N) is 2. The number of ether oxygens (including phenoxy) is 2. The zero-order chi connectivity index (χ0) is 15.7. The minimum Gasteiger partial charge on any atom is -0.388 e. The molecule has 0 aromatic heterocycles. The van der Waals surface area contributed by atoms with E-state index in [1.165, 1.54) is 11.8 Å². The standard InChI is InChI=1S/C13H23N3O5S/c1-2-14-13(19)20-6-7-9(17)10(18)8-11(21-7)22-12(15-8)16-4-3-5-16/h7-11,13-14,17-19H,2-6H2,1H3/t7?,8-,9-,10?,11-,13?/m1/s1. The van der Waals surface area contributed by atoms with Gasteiger partial charge >= 0.3 is 0 Å². The monoisotopic (exact) mass is 333 g/mol. The van der Waals surface area contributed by atoms with Crippen LogP contribution < -0.4 is 5.32 Å². The normalized spacial score (nSPS) is 39.2. The smallest absolute Gasteiger partial charge is 0.213 e. The number of nitrogens with one attached hydrogen (secondary N) is 1. The highest BCUT2D eigenvalue weighted by molar-refractivity contribution is 8.14. The molecule has 3 aliphatic rings. The van der Waals surface area contributed by atoms with E-state index in [2.05, 4.69) is 15.2 Å². The van der Waals surface area contributed by atoms with Crippen LogP contribution in [0.4, 0.5) is 0 Å². The first-order valence-electron chi connectivity index (χ1n) is 7.64. The molecule has 0 aliphatic carbocycles. The quantitative estimate of drug-likeness (QED) is 0.451. The molecule has 0 saturated carbocycles. The SMILES string of the molecule is CCNC(O)OCC1O[C@@H]2SC(N3CCC3)=N[C@@H]2C(O)[C@@H]1O. The topological polar surface area (TPSA) is 107 Å². The van der Waals surface area contributed by atoms with Gasteiger partial charge < -0.3 is 29.7 Å². The van der Waals surface area contributed by atoms with Crippen molar-refractivity contribution in [3.8, 4) is 0 Å². The third-order valence-corrected chi connectivity index (χ3v) is 5.27. The van der Waals surface area contributed by atoms with Gasteiger partial charge in [0.2, 0.25) is 6.41 Å². The fourth-order valence-corrected chi connectivity index (χ4v) is 3.92. The van der Waals surface area contributed by atoms with Crippen LogP contribution in [0.3, 0.4) is 0 Å². The van der Waals surface area contributed by atoms with E-state index in [4.69, 9.17) is 9.47 Å². The molecule has 3 heterocycles. The highest BCUT2D eigenvalue weighted by Crippen LogP contribution is 2.38. The molecule has 6 atom stereocenters. The second-order valence-electron chi connectivity index (χ2n) is 5.63. The Morgan fingerprint density at radius 2 is 2.23 bits per heavy atom. The fourth-order valence-electron chi connectivity index (χ4n) is 2.63. The average Bonchev–Trinajstić information content (AvgIpc) is 2.83. The number of thioether (sulfide) groups is 1. The minimum absolute atomic E-state index is 0.00474. The number of hydrogen-bond acceptors (Lipinski definition) is 9. The summed E-state index contributed by atoms with van der Waals surface area (Å²) < 4.78 is 11.0. The minimum atomic E-state index is -1.11. The maximum Gasteiger partial charge on any atom is 0.213 e. The van der Waals surface area contributed by atoms with E-state index in [1.807, 2.05) is 6.92 Å². The van der Waals surface area contributed by atoms with Crippen LogP contribution in [0.2, 0.25) is 0 Å². The molecule has 8 nitrogen and oxygen atoms in total. The fraction of sp³-hybridized carbons (Fsp3) is 0.923. The summed E-state index contributed by atoms with van der Waals surface area (Å²) in [7, 11) is 0. The van der Waals surface area contributed by atoms with Crippen molar-refractivity contribution in [2.24, 2.45) is 4.99 Å². The third kappa shape index (κ3) is 3.25. The first kappa shape index (κ1) is 16.4. The number of amidine groups is 1. The highest BCUT2D eigenvalue weighted by Gasteiger charge is 2.49. The summed E-state index contributed by atoms with van der Waals surface area (Å²) in [6, 6.07) is -0.453. The van der Waals surface area contributed by atoms with Crippen molar-refractivity contribution < 1.29 is 24.8 Å². The summed E-state index contributed by atoms with van der Waals surface area (Å²) in [5, 5.41) is 33.5. The zero-order valence-electron chi connectivity index (χ0n) is 12.5. The van der Waals surface area contributed by atoms with Gasteiger partial charge in [-0.25, -0.2) is 0 Å². The van der Waals surface area contributed by atoms with Crippen LogP contribution in [-0.4, -0.2) is 87.8 Å². The van der Waals surface area contributed by atoms with Crippen molar-refractivity contribution in [3.63, 3.8) is 0 Å². The van der Waals surface area contributed by atoms with Crippen LogP contribution in [-0.2, 0) is 9.47 Å². The van der Waals surface area contributed by atoms with Gasteiger partial charge in [-0.2, -0.15) is 0 Å². The van der Waals surface area contributed by atoms with Gasteiger partial charge in [0, 0.05) is 13.1 Å². The molecule has 0 radical (unpaired) electrons. The van der Waals surface area contributed by atoms with Crippen molar-refractivity contribution in [3.05, 3.63) is 0 Å². The van der Waals surface area contributed by atoms with Gasteiger partial charge in [0.25, 0.3) is 0 Å². The van der Waals surface area contributed by atoms with Crippen molar-refractivity contribution in [1.29, 1.82) is 0 Å². The van der Waals surface area contributed by atoms with Crippen LogP contribution in [0.15, 0.2) is 4.99 Å². The maximum atomic E-state index is 10.3. The van der Waals surface area contributed by atoms with Crippen molar-refractivity contribution >= 4 is 16.9 Å². The van der Waals surface area contributed by atoms with Gasteiger partial charge in [0.05, 0.1) is 6.61 Å². The molecule has 4 N–H and O–H groups in total. The Labute approximate surface area is 133 Å². The van der Waals surface area contributed by atoms with E-state index in [9.17, 15) is 15.3 Å². The molecule has 3 rings (SSSR count). The van der Waals surface area contributed by atoms with Crippen molar-refractivity contribution in [1.82, 2.24) is 10.2 Å². The van der Waals surface area contributed by atoms with Gasteiger partial charge in [-0.3, -0.25) is 10.3 Å². The lowest BCUT2D eigenvalue weighted by Gasteiger charge is -2.38. The van der Waals surface area contributed by atoms with Gasteiger partial charge in [-0.05, 0) is 13.0 Å². The van der Waals surface area contributed by atoms with Crippen molar-refractivity contribution in [2.45, 2.75) is 49.5 Å². The van der Waals surface area contributed by atoms with Gasteiger partial charge in [0.1, 0.15) is 29.8 Å². The third-order valence-electron chi connectivity index (χ3n) is 4.07. The van der Waals surface area contributed by atoms with Crippen LogP contribution in [0.25, 0.3) is 0 Å². The van der Waals surface area contributed by atoms with Gasteiger partial charge in [-0.15, -0.1) is 0 Å². The average molecular weight is 333 g/mol. The lowest BCUT2D eigenvalue weighted by molar-refractivity contribution is -0.202. The van der Waals surface area contributed by atoms with E-state index < -0.39 is 30.8 Å². The predicted octanol–water partition coefficient (Wildman–Crippen LogP) is -1.49. The Balaban J connectivity index is 1.57. The molecule has 3 aliphatic heterocycles. The Kier molecular flexibility index (Phi) is 5.23. The van der Waals surface area contributed by atoms with E-state index >= 15 is 0 Å². The van der Waals surface area contributed by atoms with Crippen LogP contribution >= 0.6 is 11.8 Å². The van der Waals surface area contributed by atoms with Crippen molar-refractivity contribution in [2.75, 3.05) is 26.2 Å². The summed E-state index contributed by atoms with van der Waals surface area (Å²) >= 11 is 1.48. The number of fused-ring (bicyclic) bond motifs is 1. The number of aliphatic hydroxyl groups excluding tert-OH is 3. The van der Waals surface area contributed by atoms with Crippen LogP contribution in [0.1, 0.15) is 13.3 Å². The Morgan fingerprint density at radius 1 is 1.45 bits per heavy atom. The van der Waals surface area contributed by atoms with E-state index in [0.29, 0.717) is 6.54 Å². The molecular weight excluding hydrogens is 310 g/mol. The molecule has 0 aromatic rings. The van der Waals surface area contributed by atoms with E-state index in [0.717, 1.165) is 24.7 Å². The number of likely N-dealkylation sites (tertiary alicyclic amines) is 1. The second kappa shape index (κ2) is 7.00. The summed E-state index contributed by atoms with van der Waals surface area (Å²) in [4.78, 5) is 6.64. The summed E-state index contributed by atoms with van der Waals surface area (Å²) in [6.07, 6.45) is -2.73. The summed E-state index contributed by atoms with van der Waals surface area (Å²) in [5.41, 5.74) is -0.320. The molecule has 2 saturated heterocycles. The molecule has 0 bridgehead atoms. The largest absolute Gasteiger partial charge is 0.388 e. The second-order valence-corrected chi connectivity index (χ2v) is 6.69. The first-order valence-corrected chi connectivity index (χ1v) is 8.52. The number of rotatable bonds is 5. The lowest BCUT2D eigenvalue weighted by Crippen LogP contribution is -2.56.